The molecule has 2 heterocycles. The zero-order chi connectivity index (χ0) is 24.9. The molecule has 2 aromatic heterocycles. The molecule has 0 radical (unpaired) electrons. The number of pyridine rings is 1. The lowest BCUT2D eigenvalue weighted by atomic mass is 10.2. The molecule has 0 unspecified atom stereocenters. The van der Waals surface area contributed by atoms with Crippen LogP contribution in [0.2, 0.25) is 0 Å². The number of amides is 1. The third-order valence-corrected chi connectivity index (χ3v) is 6.73. The molecule has 0 bridgehead atoms. The van der Waals surface area contributed by atoms with Crippen molar-refractivity contribution in [3.63, 3.8) is 0 Å². The van der Waals surface area contributed by atoms with E-state index in [1.807, 2.05) is 104 Å². The number of H-pyrrole nitrogens is 1. The molecule has 0 aliphatic heterocycles. The molecule has 0 spiro atoms. The van der Waals surface area contributed by atoms with Gasteiger partial charge in [0.05, 0.1) is 22.5 Å². The number of nitrogens with one attached hydrogen (secondary N) is 2. The van der Waals surface area contributed by atoms with Crippen LogP contribution in [0.5, 0.6) is 0 Å². The SMILES string of the molecule is CN(C)c1ccc(NC(=O)c2ccccc2Sc2ccc3c(/C=C/c4ccccn4)n[nH]c3c2)cc1. The normalized spacial score (nSPS) is 11.2. The smallest absolute Gasteiger partial charge is 0.256 e. The van der Waals surface area contributed by atoms with Crippen LogP contribution in [0, 0.1) is 0 Å². The predicted molar refractivity (Wildman–Crippen MR) is 149 cm³/mol. The third kappa shape index (κ3) is 5.31. The van der Waals surface area contributed by atoms with Crippen molar-refractivity contribution in [2.24, 2.45) is 0 Å². The summed E-state index contributed by atoms with van der Waals surface area (Å²) in [5, 5.41) is 11.6. The van der Waals surface area contributed by atoms with Crippen LogP contribution in [0.1, 0.15) is 21.7 Å². The fourth-order valence-corrected chi connectivity index (χ4v) is 4.74. The van der Waals surface area contributed by atoms with Gasteiger partial charge in [0.1, 0.15) is 0 Å². The average Bonchev–Trinajstić information content (AvgIpc) is 3.31. The number of benzene rings is 3. The van der Waals surface area contributed by atoms with Crippen LogP contribution in [0.4, 0.5) is 11.4 Å². The summed E-state index contributed by atoms with van der Waals surface area (Å²) in [6.45, 7) is 0. The van der Waals surface area contributed by atoms with Gasteiger partial charge in [0.25, 0.3) is 5.91 Å². The van der Waals surface area contributed by atoms with Crippen molar-refractivity contribution in [1.29, 1.82) is 0 Å². The highest BCUT2D eigenvalue weighted by molar-refractivity contribution is 7.99. The van der Waals surface area contributed by atoms with E-state index in [1.165, 1.54) is 0 Å². The van der Waals surface area contributed by atoms with Gasteiger partial charge in [-0.1, -0.05) is 30.0 Å². The summed E-state index contributed by atoms with van der Waals surface area (Å²) in [6, 6.07) is 27.4. The summed E-state index contributed by atoms with van der Waals surface area (Å²) in [4.78, 5) is 21.3. The maximum atomic E-state index is 13.1. The molecule has 0 aliphatic rings. The fraction of sp³-hybridized carbons (Fsp3) is 0.0690. The molecule has 36 heavy (non-hydrogen) atoms. The molecular formula is C29H25N5OS. The summed E-state index contributed by atoms with van der Waals surface area (Å²) in [5.41, 5.74) is 5.13. The van der Waals surface area contributed by atoms with Gasteiger partial charge in [-0.3, -0.25) is 14.9 Å². The lowest BCUT2D eigenvalue weighted by Crippen LogP contribution is -2.13. The van der Waals surface area contributed by atoms with Gasteiger partial charge in [-0.25, -0.2) is 0 Å². The van der Waals surface area contributed by atoms with Gasteiger partial charge in [-0.2, -0.15) is 5.10 Å². The first kappa shape index (κ1) is 23.4. The van der Waals surface area contributed by atoms with Crippen molar-refractivity contribution in [2.45, 2.75) is 9.79 Å². The number of hydrogen-bond acceptors (Lipinski definition) is 5. The minimum atomic E-state index is -0.139. The summed E-state index contributed by atoms with van der Waals surface area (Å²) in [6.07, 6.45) is 5.67. The van der Waals surface area contributed by atoms with Crippen molar-refractivity contribution >= 4 is 52.1 Å². The summed E-state index contributed by atoms with van der Waals surface area (Å²) in [5.74, 6) is -0.139. The topological polar surface area (TPSA) is 73.9 Å². The van der Waals surface area contributed by atoms with E-state index in [9.17, 15) is 4.79 Å². The van der Waals surface area contributed by atoms with Crippen molar-refractivity contribution < 1.29 is 4.79 Å². The number of carbonyl (C=O) groups is 1. The molecule has 3 aromatic carbocycles. The van der Waals surface area contributed by atoms with E-state index in [0.29, 0.717) is 5.56 Å². The minimum absolute atomic E-state index is 0.139. The van der Waals surface area contributed by atoms with Crippen LogP contribution in [0.15, 0.2) is 101 Å². The zero-order valence-corrected chi connectivity index (χ0v) is 20.8. The van der Waals surface area contributed by atoms with Crippen molar-refractivity contribution in [1.82, 2.24) is 15.2 Å². The first-order valence-corrected chi connectivity index (χ1v) is 12.3. The Morgan fingerprint density at radius 1 is 0.944 bits per heavy atom. The number of hydrogen-bond donors (Lipinski definition) is 2. The number of fused-ring (bicyclic) bond motifs is 1. The van der Waals surface area contributed by atoms with Gasteiger partial charge in [0.15, 0.2) is 0 Å². The highest BCUT2D eigenvalue weighted by Crippen LogP contribution is 2.33. The first-order chi connectivity index (χ1) is 17.6. The lowest BCUT2D eigenvalue weighted by Gasteiger charge is -2.14. The summed E-state index contributed by atoms with van der Waals surface area (Å²) >= 11 is 1.55. The molecule has 7 heteroatoms. The van der Waals surface area contributed by atoms with Crippen LogP contribution < -0.4 is 10.2 Å². The van der Waals surface area contributed by atoms with Crippen LogP contribution in [0.25, 0.3) is 23.1 Å². The lowest BCUT2D eigenvalue weighted by molar-refractivity contribution is 0.102. The highest BCUT2D eigenvalue weighted by atomic mass is 32.2. The van der Waals surface area contributed by atoms with E-state index in [0.717, 1.165) is 43.5 Å². The minimum Gasteiger partial charge on any atom is -0.378 e. The molecule has 5 rings (SSSR count). The van der Waals surface area contributed by atoms with Crippen LogP contribution in [0.3, 0.4) is 0 Å². The molecule has 0 atom stereocenters. The third-order valence-electron chi connectivity index (χ3n) is 5.66. The Kier molecular flexibility index (Phi) is 6.82. The van der Waals surface area contributed by atoms with Gasteiger partial charge in [-0.15, -0.1) is 0 Å². The zero-order valence-electron chi connectivity index (χ0n) is 20.0. The Bertz CT molecular complexity index is 1520. The molecule has 1 amide bonds. The standard InChI is InChI=1S/C29H25N5OS/c1-34(2)22-13-10-21(11-14-22)31-29(35)25-8-3-4-9-28(25)36-23-15-16-24-26(32-33-27(24)19-23)17-12-20-7-5-6-18-30-20/h3-19H,1-2H3,(H,31,35)(H,32,33)/b17-12+. The van der Waals surface area contributed by atoms with Crippen molar-refractivity contribution in [2.75, 3.05) is 24.3 Å². The molecule has 6 nitrogen and oxygen atoms in total. The Balaban J connectivity index is 1.33. The van der Waals surface area contributed by atoms with Gasteiger partial charge in [0, 0.05) is 46.8 Å². The Morgan fingerprint density at radius 2 is 1.75 bits per heavy atom. The molecule has 5 aromatic rings. The average molecular weight is 492 g/mol. The maximum absolute atomic E-state index is 13.1. The number of aromatic nitrogens is 3. The second kappa shape index (κ2) is 10.5. The predicted octanol–water partition coefficient (Wildman–Crippen LogP) is 6.60. The van der Waals surface area contributed by atoms with Crippen molar-refractivity contribution in [3.05, 3.63) is 108 Å². The fourth-order valence-electron chi connectivity index (χ4n) is 3.76. The summed E-state index contributed by atoms with van der Waals surface area (Å²) in [7, 11) is 3.97. The number of carbonyl (C=O) groups excluding carboxylic acids is 1. The number of nitrogens with zero attached hydrogens (tertiary/aromatic N) is 3. The molecule has 2 N–H and O–H groups in total. The van der Waals surface area contributed by atoms with Crippen LogP contribution in [-0.2, 0) is 0 Å². The van der Waals surface area contributed by atoms with Crippen molar-refractivity contribution in [3.8, 4) is 0 Å². The van der Waals surface area contributed by atoms with E-state index in [4.69, 9.17) is 0 Å². The first-order valence-electron chi connectivity index (χ1n) is 11.5. The van der Waals surface area contributed by atoms with Gasteiger partial charge < -0.3 is 10.2 Å². The Morgan fingerprint density at radius 3 is 2.53 bits per heavy atom. The largest absolute Gasteiger partial charge is 0.378 e. The monoisotopic (exact) mass is 491 g/mol. The molecule has 0 fully saturated rings. The molecular weight excluding hydrogens is 466 g/mol. The van der Waals surface area contributed by atoms with E-state index in [-0.39, 0.29) is 5.91 Å². The number of aromatic amines is 1. The van der Waals surface area contributed by atoms with Gasteiger partial charge in [-0.05, 0) is 78.9 Å². The van der Waals surface area contributed by atoms with E-state index in [2.05, 4.69) is 32.6 Å². The quantitative estimate of drug-likeness (QED) is 0.268. The van der Waals surface area contributed by atoms with E-state index >= 15 is 0 Å². The van der Waals surface area contributed by atoms with Crippen LogP contribution in [-0.4, -0.2) is 35.2 Å². The molecule has 0 aliphatic carbocycles. The number of anilines is 2. The highest BCUT2D eigenvalue weighted by Gasteiger charge is 2.13. The second-order valence-electron chi connectivity index (χ2n) is 8.40. The maximum Gasteiger partial charge on any atom is 0.256 e. The Hall–Kier alpha value is -4.36. The molecule has 0 saturated carbocycles. The Labute approximate surface area is 214 Å². The molecule has 0 saturated heterocycles. The molecule has 178 valence electrons. The van der Waals surface area contributed by atoms with Gasteiger partial charge >= 0.3 is 0 Å². The van der Waals surface area contributed by atoms with E-state index in [1.54, 1.807) is 18.0 Å². The number of rotatable bonds is 7. The van der Waals surface area contributed by atoms with E-state index < -0.39 is 0 Å². The van der Waals surface area contributed by atoms with Gasteiger partial charge in [0.2, 0.25) is 0 Å². The van der Waals surface area contributed by atoms with Crippen LogP contribution >= 0.6 is 11.8 Å². The summed E-state index contributed by atoms with van der Waals surface area (Å²) < 4.78 is 0. The second-order valence-corrected chi connectivity index (χ2v) is 9.51.